The Balaban J connectivity index is 1.96. The molecule has 1 aliphatic rings. The van der Waals surface area contributed by atoms with Gasteiger partial charge in [0.25, 0.3) is 5.91 Å². The second-order valence-corrected chi connectivity index (χ2v) is 6.90. The van der Waals surface area contributed by atoms with E-state index in [4.69, 9.17) is 0 Å². The van der Waals surface area contributed by atoms with Crippen molar-refractivity contribution >= 4 is 17.8 Å². The Morgan fingerprint density at radius 3 is 2.52 bits per heavy atom. The van der Waals surface area contributed by atoms with Gasteiger partial charge in [0, 0.05) is 19.0 Å². The minimum Gasteiger partial charge on any atom is -0.480 e. The maximum Gasteiger partial charge on any atom is 0.329 e. The quantitative estimate of drug-likeness (QED) is 0.735. The van der Waals surface area contributed by atoms with Gasteiger partial charge in [-0.05, 0) is 55.7 Å². The van der Waals surface area contributed by atoms with Crippen LogP contribution in [0.5, 0.6) is 0 Å². The summed E-state index contributed by atoms with van der Waals surface area (Å²) in [6.45, 7) is 2.10. The Morgan fingerprint density at radius 1 is 1.24 bits per heavy atom. The Morgan fingerprint density at radius 2 is 1.92 bits per heavy atom. The number of carboxylic acids is 1. The zero-order valence-electron chi connectivity index (χ0n) is 14.8. The third-order valence-electron chi connectivity index (χ3n) is 4.97. The number of benzene rings is 1. The van der Waals surface area contributed by atoms with E-state index >= 15 is 0 Å². The molecule has 2 rings (SSSR count). The van der Waals surface area contributed by atoms with Gasteiger partial charge in [-0.25, -0.2) is 4.79 Å². The van der Waals surface area contributed by atoms with E-state index in [0.717, 1.165) is 18.4 Å². The second kappa shape index (κ2) is 8.14. The topological polar surface area (TPSA) is 95.5 Å². The maximum atomic E-state index is 12.3. The van der Waals surface area contributed by atoms with Crippen LogP contribution in [0.25, 0.3) is 0 Å². The molecule has 1 aromatic carbocycles. The fourth-order valence-electron chi connectivity index (χ4n) is 3.25. The highest BCUT2D eigenvalue weighted by molar-refractivity contribution is 5.94. The Hall–Kier alpha value is -2.37. The molecule has 0 aliphatic heterocycles. The van der Waals surface area contributed by atoms with Crippen molar-refractivity contribution in [2.45, 2.75) is 51.0 Å². The molecular weight excluding hydrogens is 320 g/mol. The fraction of sp³-hybridized carbons (Fsp3) is 0.526. The second-order valence-electron chi connectivity index (χ2n) is 6.90. The van der Waals surface area contributed by atoms with Gasteiger partial charge in [0.15, 0.2) is 0 Å². The lowest BCUT2D eigenvalue weighted by atomic mass is 9.77. The van der Waals surface area contributed by atoms with Gasteiger partial charge in [0.1, 0.15) is 5.54 Å². The van der Waals surface area contributed by atoms with Gasteiger partial charge >= 0.3 is 5.97 Å². The molecule has 0 aromatic heterocycles. The van der Waals surface area contributed by atoms with Gasteiger partial charge < -0.3 is 15.7 Å². The monoisotopic (exact) mass is 346 g/mol. The molecule has 2 amide bonds. The van der Waals surface area contributed by atoms with Crippen LogP contribution in [0.4, 0.5) is 0 Å². The average molecular weight is 346 g/mol. The number of carbonyl (C=O) groups excluding carboxylic acids is 2. The summed E-state index contributed by atoms with van der Waals surface area (Å²) in [6, 6.07) is 7.10. The van der Waals surface area contributed by atoms with Gasteiger partial charge in [-0.3, -0.25) is 9.59 Å². The third-order valence-corrected chi connectivity index (χ3v) is 4.97. The zero-order chi connectivity index (χ0) is 18.4. The van der Waals surface area contributed by atoms with Crippen LogP contribution in [0.15, 0.2) is 24.3 Å². The molecule has 0 radical (unpaired) electrons. The molecule has 1 aromatic rings. The van der Waals surface area contributed by atoms with E-state index in [-0.39, 0.29) is 18.2 Å². The Kier molecular flexibility index (Phi) is 6.17. The molecule has 136 valence electrons. The van der Waals surface area contributed by atoms with Crippen molar-refractivity contribution in [3.8, 4) is 0 Å². The number of carboxylic acid groups (broad SMARTS) is 1. The van der Waals surface area contributed by atoms with Crippen LogP contribution in [-0.2, 0) is 16.0 Å². The van der Waals surface area contributed by atoms with Crippen LogP contribution >= 0.6 is 0 Å². The van der Waals surface area contributed by atoms with Crippen LogP contribution in [-0.4, -0.2) is 35.5 Å². The number of nitrogens with one attached hydrogen (secondary N) is 2. The van der Waals surface area contributed by atoms with Crippen LogP contribution in [0.1, 0.15) is 54.9 Å². The number of aryl methyl sites for hydroxylation is 1. The molecule has 0 heterocycles. The number of amides is 2. The van der Waals surface area contributed by atoms with Crippen LogP contribution in [0.3, 0.4) is 0 Å². The zero-order valence-corrected chi connectivity index (χ0v) is 14.8. The summed E-state index contributed by atoms with van der Waals surface area (Å²) in [5.74, 6) is -0.888. The molecule has 6 nitrogen and oxygen atoms in total. The molecule has 1 aliphatic carbocycles. The number of rotatable bonds is 6. The first-order valence-corrected chi connectivity index (χ1v) is 8.72. The third kappa shape index (κ3) is 4.81. The summed E-state index contributed by atoms with van der Waals surface area (Å²) >= 11 is 0. The standard InChI is InChI=1S/C19H26N2O4/c1-13-8-10-19(11-9-13,18(24)25)21-16(22)7-6-14-4-3-5-15(12-14)17(23)20-2/h3-5,12-13H,6-11H2,1-2H3,(H,20,23)(H,21,22)(H,24,25). The van der Waals surface area contributed by atoms with Crippen LogP contribution < -0.4 is 10.6 Å². The molecule has 0 bridgehead atoms. The van der Waals surface area contributed by atoms with E-state index in [2.05, 4.69) is 17.6 Å². The molecular formula is C19H26N2O4. The van der Waals surface area contributed by atoms with E-state index < -0.39 is 11.5 Å². The van der Waals surface area contributed by atoms with E-state index in [1.54, 1.807) is 25.2 Å². The Labute approximate surface area is 148 Å². The summed E-state index contributed by atoms with van der Waals surface area (Å²) in [6.07, 6.45) is 3.22. The SMILES string of the molecule is CNC(=O)c1cccc(CCC(=O)NC2(C(=O)O)CCC(C)CC2)c1. The van der Waals surface area contributed by atoms with E-state index in [9.17, 15) is 19.5 Å². The number of hydrogen-bond acceptors (Lipinski definition) is 3. The van der Waals surface area contributed by atoms with E-state index in [0.29, 0.717) is 30.7 Å². The first-order chi connectivity index (χ1) is 11.9. The number of aliphatic carboxylic acids is 1. The highest BCUT2D eigenvalue weighted by Crippen LogP contribution is 2.32. The predicted octanol–water partition coefficient (Wildman–Crippen LogP) is 2.13. The summed E-state index contributed by atoms with van der Waals surface area (Å²) in [7, 11) is 1.57. The first kappa shape index (κ1) is 19.0. The maximum absolute atomic E-state index is 12.3. The molecule has 25 heavy (non-hydrogen) atoms. The summed E-state index contributed by atoms with van der Waals surface area (Å²) < 4.78 is 0. The molecule has 0 spiro atoms. The highest BCUT2D eigenvalue weighted by Gasteiger charge is 2.42. The minimum atomic E-state index is -1.13. The van der Waals surface area contributed by atoms with Gasteiger partial charge in [-0.15, -0.1) is 0 Å². The van der Waals surface area contributed by atoms with Crippen molar-refractivity contribution in [3.05, 3.63) is 35.4 Å². The van der Waals surface area contributed by atoms with Gasteiger partial charge in [-0.1, -0.05) is 19.1 Å². The molecule has 1 fully saturated rings. The lowest BCUT2D eigenvalue weighted by molar-refractivity contribution is -0.149. The molecule has 0 atom stereocenters. The Bertz CT molecular complexity index is 649. The fourth-order valence-corrected chi connectivity index (χ4v) is 3.25. The van der Waals surface area contributed by atoms with Crippen molar-refractivity contribution in [3.63, 3.8) is 0 Å². The van der Waals surface area contributed by atoms with E-state index in [1.165, 1.54) is 0 Å². The van der Waals surface area contributed by atoms with Crippen molar-refractivity contribution in [1.82, 2.24) is 10.6 Å². The van der Waals surface area contributed by atoms with Crippen LogP contribution in [0.2, 0.25) is 0 Å². The average Bonchev–Trinajstić information content (AvgIpc) is 2.61. The highest BCUT2D eigenvalue weighted by atomic mass is 16.4. The van der Waals surface area contributed by atoms with E-state index in [1.807, 2.05) is 6.07 Å². The molecule has 3 N–H and O–H groups in total. The predicted molar refractivity (Wildman–Crippen MR) is 94.3 cm³/mol. The summed E-state index contributed by atoms with van der Waals surface area (Å²) in [5, 5.41) is 14.9. The van der Waals surface area contributed by atoms with Crippen LogP contribution in [0, 0.1) is 5.92 Å². The summed E-state index contributed by atoms with van der Waals surface area (Å²) in [5.41, 5.74) is 0.287. The largest absolute Gasteiger partial charge is 0.480 e. The van der Waals surface area contributed by atoms with Crippen molar-refractivity contribution in [1.29, 1.82) is 0 Å². The molecule has 0 saturated heterocycles. The number of hydrogen-bond donors (Lipinski definition) is 3. The molecule has 0 unspecified atom stereocenters. The first-order valence-electron chi connectivity index (χ1n) is 8.72. The van der Waals surface area contributed by atoms with Gasteiger partial charge in [-0.2, -0.15) is 0 Å². The lowest BCUT2D eigenvalue weighted by Gasteiger charge is -2.36. The normalized spacial score (nSPS) is 22.9. The molecule has 6 heteroatoms. The van der Waals surface area contributed by atoms with Crippen molar-refractivity contribution < 1.29 is 19.5 Å². The van der Waals surface area contributed by atoms with Gasteiger partial charge in [0.2, 0.25) is 5.91 Å². The lowest BCUT2D eigenvalue weighted by Crippen LogP contribution is -2.56. The van der Waals surface area contributed by atoms with Crippen molar-refractivity contribution in [2.24, 2.45) is 5.92 Å². The van der Waals surface area contributed by atoms with Gasteiger partial charge in [0.05, 0.1) is 0 Å². The summed E-state index contributed by atoms with van der Waals surface area (Å²) in [4.78, 5) is 35.6. The minimum absolute atomic E-state index is 0.174. The van der Waals surface area contributed by atoms with Crippen molar-refractivity contribution in [2.75, 3.05) is 7.05 Å². The smallest absolute Gasteiger partial charge is 0.329 e. The molecule has 1 saturated carbocycles. The number of carbonyl (C=O) groups is 3.